The molecule has 0 atom stereocenters. The number of nitrogens with zero attached hydrogens (tertiary/aromatic N) is 3. The predicted molar refractivity (Wildman–Crippen MR) is 103 cm³/mol. The van der Waals surface area contributed by atoms with Gasteiger partial charge in [-0.3, -0.25) is 4.79 Å². The largest absolute Gasteiger partial charge is 0.496 e. The molecule has 2 aromatic carbocycles. The number of para-hydroxylation sites is 1. The molecule has 1 N–H and O–H groups in total. The van der Waals surface area contributed by atoms with Gasteiger partial charge in [0.2, 0.25) is 0 Å². The molecule has 0 radical (unpaired) electrons. The van der Waals surface area contributed by atoms with Crippen molar-refractivity contribution in [3.63, 3.8) is 0 Å². The minimum absolute atomic E-state index is 0.263. The lowest BCUT2D eigenvalue weighted by Gasteiger charge is -2.10. The summed E-state index contributed by atoms with van der Waals surface area (Å²) in [6, 6.07) is 13.4. The highest BCUT2D eigenvalue weighted by atomic mass is 19.1. The highest BCUT2D eigenvalue weighted by Gasteiger charge is 2.18. The average Bonchev–Trinajstić information content (AvgIpc) is 3.10. The van der Waals surface area contributed by atoms with Gasteiger partial charge in [-0.2, -0.15) is 5.10 Å². The van der Waals surface area contributed by atoms with Gasteiger partial charge in [0.05, 0.1) is 26.0 Å². The van der Waals surface area contributed by atoms with Crippen LogP contribution in [-0.2, 0) is 13.2 Å². The fourth-order valence-electron chi connectivity index (χ4n) is 3.31. The number of halogens is 1. The van der Waals surface area contributed by atoms with Gasteiger partial charge in [-0.05, 0) is 18.2 Å². The van der Waals surface area contributed by atoms with Crippen molar-refractivity contribution in [1.29, 1.82) is 0 Å². The van der Waals surface area contributed by atoms with E-state index in [0.29, 0.717) is 29.1 Å². The van der Waals surface area contributed by atoms with Crippen LogP contribution >= 0.6 is 0 Å². The molecule has 0 fully saturated rings. The van der Waals surface area contributed by atoms with Crippen LogP contribution in [0.4, 0.5) is 4.39 Å². The molecule has 0 bridgehead atoms. The van der Waals surface area contributed by atoms with E-state index in [9.17, 15) is 14.3 Å². The van der Waals surface area contributed by atoms with Gasteiger partial charge in [-0.25, -0.2) is 8.91 Å². The van der Waals surface area contributed by atoms with Gasteiger partial charge in [-0.1, -0.05) is 30.3 Å². The van der Waals surface area contributed by atoms with Gasteiger partial charge in [0.1, 0.15) is 17.1 Å². The average molecular weight is 379 g/mol. The fourth-order valence-corrected chi connectivity index (χ4v) is 3.31. The lowest BCUT2D eigenvalue weighted by molar-refractivity contribution is 0.283. The van der Waals surface area contributed by atoms with E-state index >= 15 is 0 Å². The number of methoxy groups -OCH3 is 1. The third kappa shape index (κ3) is 3.05. The Morgan fingerprint density at radius 3 is 2.71 bits per heavy atom. The van der Waals surface area contributed by atoms with Crippen LogP contribution in [0.3, 0.4) is 0 Å². The van der Waals surface area contributed by atoms with Crippen molar-refractivity contribution in [3.05, 3.63) is 88.2 Å². The SMILES string of the molecule is COc1ccccc1Cn1ccn2nc(-c3cccc(F)c3)c(CO)c2c1=O. The summed E-state index contributed by atoms with van der Waals surface area (Å²) < 4.78 is 21.9. The first kappa shape index (κ1) is 17.9. The molecular formula is C21H18FN3O3. The standard InChI is InChI=1S/C21H18FN3O3/c1-28-18-8-3-2-5-15(18)12-24-9-10-25-20(21(24)27)17(13-26)19(23-25)14-6-4-7-16(22)11-14/h2-11,26H,12-13H2,1H3. The molecule has 7 heteroatoms. The molecule has 0 saturated carbocycles. The highest BCUT2D eigenvalue weighted by Crippen LogP contribution is 2.25. The van der Waals surface area contributed by atoms with Crippen LogP contribution in [0.25, 0.3) is 16.8 Å². The summed E-state index contributed by atoms with van der Waals surface area (Å²) >= 11 is 0. The molecule has 0 saturated heterocycles. The third-order valence-corrected chi connectivity index (χ3v) is 4.65. The molecule has 142 valence electrons. The van der Waals surface area contributed by atoms with Crippen LogP contribution in [0.2, 0.25) is 0 Å². The summed E-state index contributed by atoms with van der Waals surface area (Å²) in [7, 11) is 1.58. The van der Waals surface area contributed by atoms with Crippen LogP contribution in [0.1, 0.15) is 11.1 Å². The van der Waals surface area contributed by atoms with Crippen LogP contribution in [0, 0.1) is 5.82 Å². The van der Waals surface area contributed by atoms with E-state index in [4.69, 9.17) is 4.74 Å². The Bertz CT molecular complexity index is 1210. The molecule has 0 aliphatic carbocycles. The summed E-state index contributed by atoms with van der Waals surface area (Å²) in [5.41, 5.74) is 2.07. The Labute approximate surface area is 160 Å². The van der Waals surface area contributed by atoms with E-state index in [0.717, 1.165) is 5.56 Å². The molecule has 0 aliphatic heterocycles. The Hall–Kier alpha value is -3.45. The smallest absolute Gasteiger partial charge is 0.277 e. The Kier molecular flexibility index (Phi) is 4.67. The van der Waals surface area contributed by atoms with Gasteiger partial charge >= 0.3 is 0 Å². The molecule has 0 aliphatic rings. The summed E-state index contributed by atoms with van der Waals surface area (Å²) in [6.07, 6.45) is 3.28. The van der Waals surface area contributed by atoms with Crippen molar-refractivity contribution in [1.82, 2.24) is 14.2 Å². The number of aliphatic hydroxyl groups is 1. The van der Waals surface area contributed by atoms with Gasteiger partial charge in [0.15, 0.2) is 0 Å². The summed E-state index contributed by atoms with van der Waals surface area (Å²) in [5.74, 6) is 0.276. The fraction of sp³-hybridized carbons (Fsp3) is 0.143. The van der Waals surface area contributed by atoms with Crippen molar-refractivity contribution >= 4 is 5.52 Å². The Balaban J connectivity index is 1.86. The monoisotopic (exact) mass is 379 g/mol. The predicted octanol–water partition coefficient (Wildman–Crippen LogP) is 2.85. The van der Waals surface area contributed by atoms with Crippen molar-refractivity contribution in [2.75, 3.05) is 7.11 Å². The first-order valence-corrected chi connectivity index (χ1v) is 8.71. The number of aromatic nitrogens is 3. The van der Waals surface area contributed by atoms with Gasteiger partial charge in [0, 0.05) is 29.1 Å². The molecule has 4 rings (SSSR count). The third-order valence-electron chi connectivity index (χ3n) is 4.65. The number of aliphatic hydroxyl groups excluding tert-OH is 1. The Morgan fingerprint density at radius 1 is 1.14 bits per heavy atom. The number of benzene rings is 2. The van der Waals surface area contributed by atoms with E-state index in [1.807, 2.05) is 24.3 Å². The summed E-state index contributed by atoms with van der Waals surface area (Å²) in [5, 5.41) is 14.3. The second-order valence-corrected chi connectivity index (χ2v) is 6.33. The van der Waals surface area contributed by atoms with Gasteiger partial charge in [0.25, 0.3) is 5.56 Å². The van der Waals surface area contributed by atoms with Crippen LogP contribution in [0.15, 0.2) is 65.7 Å². The van der Waals surface area contributed by atoms with Crippen molar-refractivity contribution in [2.45, 2.75) is 13.2 Å². The van der Waals surface area contributed by atoms with Crippen molar-refractivity contribution in [3.8, 4) is 17.0 Å². The molecule has 4 aromatic rings. The number of rotatable bonds is 5. The van der Waals surface area contributed by atoms with Crippen molar-refractivity contribution in [2.24, 2.45) is 0 Å². The maximum atomic E-state index is 13.6. The normalized spacial score (nSPS) is 11.1. The number of hydrogen-bond donors (Lipinski definition) is 1. The molecule has 0 spiro atoms. The van der Waals surface area contributed by atoms with E-state index in [1.165, 1.54) is 21.2 Å². The maximum Gasteiger partial charge on any atom is 0.277 e. The first-order valence-electron chi connectivity index (χ1n) is 8.71. The molecule has 0 unspecified atom stereocenters. The minimum Gasteiger partial charge on any atom is -0.496 e. The molecule has 28 heavy (non-hydrogen) atoms. The van der Waals surface area contributed by atoms with Crippen LogP contribution in [0.5, 0.6) is 5.75 Å². The topological polar surface area (TPSA) is 68.8 Å². The minimum atomic E-state index is -0.410. The first-order chi connectivity index (χ1) is 13.6. The van der Waals surface area contributed by atoms with E-state index in [2.05, 4.69) is 5.10 Å². The highest BCUT2D eigenvalue weighted by molar-refractivity contribution is 5.72. The summed E-state index contributed by atoms with van der Waals surface area (Å²) in [6.45, 7) is -0.0754. The second-order valence-electron chi connectivity index (χ2n) is 6.33. The second kappa shape index (κ2) is 7.28. The quantitative estimate of drug-likeness (QED) is 0.579. The Morgan fingerprint density at radius 2 is 1.96 bits per heavy atom. The molecule has 6 nitrogen and oxygen atoms in total. The zero-order valence-corrected chi connectivity index (χ0v) is 15.2. The molecule has 2 heterocycles. The van der Waals surface area contributed by atoms with E-state index in [1.54, 1.807) is 31.6 Å². The lowest BCUT2D eigenvalue weighted by atomic mass is 10.1. The van der Waals surface area contributed by atoms with E-state index in [-0.39, 0.29) is 17.7 Å². The summed E-state index contributed by atoms with van der Waals surface area (Å²) in [4.78, 5) is 13.1. The van der Waals surface area contributed by atoms with Crippen molar-refractivity contribution < 1.29 is 14.2 Å². The number of ether oxygens (including phenoxy) is 1. The lowest BCUT2D eigenvalue weighted by Crippen LogP contribution is -2.22. The molecule has 0 amide bonds. The number of hydrogen-bond acceptors (Lipinski definition) is 4. The van der Waals surface area contributed by atoms with Crippen LogP contribution < -0.4 is 10.3 Å². The van der Waals surface area contributed by atoms with Crippen LogP contribution in [-0.4, -0.2) is 26.4 Å². The zero-order chi connectivity index (χ0) is 19.7. The zero-order valence-electron chi connectivity index (χ0n) is 15.2. The van der Waals surface area contributed by atoms with Gasteiger partial charge in [-0.15, -0.1) is 0 Å². The number of fused-ring (bicyclic) bond motifs is 1. The molecular weight excluding hydrogens is 361 g/mol. The maximum absolute atomic E-state index is 13.6. The van der Waals surface area contributed by atoms with E-state index < -0.39 is 5.82 Å². The molecule has 2 aromatic heterocycles. The van der Waals surface area contributed by atoms with Gasteiger partial charge < -0.3 is 14.4 Å².